The van der Waals surface area contributed by atoms with E-state index in [1.54, 1.807) is 34.6 Å². The first-order valence-electron chi connectivity index (χ1n) is 12.0. The lowest BCUT2D eigenvalue weighted by Crippen LogP contribution is -2.41. The maximum Gasteiger partial charge on any atom is 0.406 e. The van der Waals surface area contributed by atoms with E-state index in [2.05, 4.69) is 10.1 Å². The fourth-order valence-electron chi connectivity index (χ4n) is 3.13. The number of thioether (sulfide) groups is 1. The molecule has 13 nitrogen and oxygen atoms in total. The number of nitrogens with two attached hydrogens (primary N) is 1. The predicted octanol–water partition coefficient (Wildman–Crippen LogP) is 2.37. The van der Waals surface area contributed by atoms with Gasteiger partial charge in [-0.1, -0.05) is 44.1 Å². The van der Waals surface area contributed by atoms with E-state index in [1.165, 1.54) is 13.0 Å². The van der Waals surface area contributed by atoms with Crippen LogP contribution >= 0.6 is 31.1 Å². The van der Waals surface area contributed by atoms with Crippen molar-refractivity contribution >= 4 is 48.0 Å². The number of ether oxygens (including phenoxy) is 2. The van der Waals surface area contributed by atoms with Crippen molar-refractivity contribution in [2.24, 2.45) is 5.41 Å². The molecule has 1 aliphatic rings. The summed E-state index contributed by atoms with van der Waals surface area (Å²) < 4.78 is 50.8. The van der Waals surface area contributed by atoms with Crippen LogP contribution < -0.4 is 16.5 Å². The second kappa shape index (κ2) is 13.4. The van der Waals surface area contributed by atoms with E-state index in [0.29, 0.717) is 4.57 Å². The number of aliphatic hydroxyl groups excluding tert-OH is 1. The molecule has 1 aliphatic heterocycles. The SMILES string of the molecule is CC(C)OC(=O)[C@@H](C)N[P@](=O)(OCCSC(=O)C(C)(C)C)OC[C@H]1O[C@@H](n2ccc(N)nc2=O)[C@](F)(Cl)[C@@H]1O. The van der Waals surface area contributed by atoms with Crippen molar-refractivity contribution in [3.63, 3.8) is 0 Å². The van der Waals surface area contributed by atoms with Gasteiger partial charge in [0, 0.05) is 17.4 Å². The Morgan fingerprint density at radius 1 is 1.38 bits per heavy atom. The summed E-state index contributed by atoms with van der Waals surface area (Å²) in [6.07, 6.45) is -4.73. The summed E-state index contributed by atoms with van der Waals surface area (Å²) in [5, 5.41) is 9.79. The largest absolute Gasteiger partial charge is 0.462 e. The maximum absolute atomic E-state index is 15.3. The number of nitrogen functional groups attached to an aromatic ring is 1. The van der Waals surface area contributed by atoms with Gasteiger partial charge >= 0.3 is 19.4 Å². The van der Waals surface area contributed by atoms with Crippen molar-refractivity contribution in [2.75, 3.05) is 24.7 Å². The fraction of sp³-hybridized carbons (Fsp3) is 0.727. The first kappa shape index (κ1) is 33.6. The number of esters is 1. The van der Waals surface area contributed by atoms with Crippen LogP contribution in [0.4, 0.5) is 10.2 Å². The molecule has 0 aromatic carbocycles. The number of carbonyl (C=O) groups excluding carboxylic acids is 2. The number of nitrogens with zero attached hydrogens (tertiary/aromatic N) is 2. The van der Waals surface area contributed by atoms with Crippen LogP contribution in [-0.2, 0) is 32.7 Å². The van der Waals surface area contributed by atoms with Gasteiger partial charge in [-0.3, -0.25) is 23.2 Å². The van der Waals surface area contributed by atoms with Crippen LogP contribution in [0.2, 0.25) is 0 Å². The fourth-order valence-corrected chi connectivity index (χ4v) is 5.81. The number of nitrogens with one attached hydrogen (secondary N) is 1. The van der Waals surface area contributed by atoms with Gasteiger partial charge in [0.25, 0.3) is 5.13 Å². The van der Waals surface area contributed by atoms with Crippen molar-refractivity contribution in [2.45, 2.75) is 77.3 Å². The van der Waals surface area contributed by atoms with Gasteiger partial charge < -0.3 is 20.3 Å². The van der Waals surface area contributed by atoms with Crippen molar-refractivity contribution < 1.29 is 42.2 Å². The van der Waals surface area contributed by atoms with Crippen molar-refractivity contribution in [3.05, 3.63) is 22.7 Å². The van der Waals surface area contributed by atoms with E-state index in [4.69, 9.17) is 35.9 Å². The number of hydrogen-bond acceptors (Lipinski definition) is 12. The number of carbonyl (C=O) groups is 2. The minimum absolute atomic E-state index is 0.114. The van der Waals surface area contributed by atoms with Gasteiger partial charge in [-0.05, 0) is 26.8 Å². The molecular formula is C22H35ClFN4O9PS. The first-order valence-corrected chi connectivity index (χ1v) is 14.9. The Bertz CT molecular complexity index is 1130. The van der Waals surface area contributed by atoms with Crippen molar-refractivity contribution in [1.82, 2.24) is 14.6 Å². The van der Waals surface area contributed by atoms with Crippen molar-refractivity contribution in [3.8, 4) is 0 Å². The minimum atomic E-state index is -4.33. The summed E-state index contributed by atoms with van der Waals surface area (Å²) >= 11 is 6.85. The number of aromatic nitrogens is 2. The molecule has 0 bridgehead atoms. The highest BCUT2D eigenvalue weighted by molar-refractivity contribution is 8.13. The Morgan fingerprint density at radius 2 is 2.03 bits per heavy atom. The molecule has 1 fully saturated rings. The smallest absolute Gasteiger partial charge is 0.406 e. The summed E-state index contributed by atoms with van der Waals surface area (Å²) in [6.45, 7) is 8.92. The zero-order valence-electron chi connectivity index (χ0n) is 22.5. The average Bonchev–Trinajstić information content (AvgIpc) is 3.03. The molecule has 0 unspecified atom stereocenters. The van der Waals surface area contributed by atoms with Gasteiger partial charge in [-0.2, -0.15) is 4.98 Å². The quantitative estimate of drug-likeness (QED) is 0.135. The normalized spacial score (nSPS) is 25.8. The number of aliphatic hydroxyl groups is 1. The monoisotopic (exact) mass is 616 g/mol. The molecular weight excluding hydrogens is 582 g/mol. The second-order valence-electron chi connectivity index (χ2n) is 10.0. The third-order valence-electron chi connectivity index (χ3n) is 5.14. The highest BCUT2D eigenvalue weighted by Crippen LogP contribution is 2.48. The molecule has 0 radical (unpaired) electrons. The standard InChI is InChI=1S/C22H35ClFN4O9PS/c1-12(2)36-17(30)13(3)27-38(33,34-9-10-39-19(31)21(4,5)6)35-11-14-16(29)22(23,24)18(37-14)28-8-7-15(25)26-20(28)32/h7-8,12-14,16,18,29H,9-11H2,1-6H3,(H,27,33)(H2,25,26,32)/t13-,14-,16-,18-,22+,38+/m1/s1. The van der Waals surface area contributed by atoms with E-state index in [-0.39, 0.29) is 23.3 Å². The van der Waals surface area contributed by atoms with Crippen LogP contribution in [0.1, 0.15) is 47.8 Å². The Balaban J connectivity index is 2.16. The highest BCUT2D eigenvalue weighted by Gasteiger charge is 2.58. The third kappa shape index (κ3) is 9.22. The molecule has 2 heterocycles. The van der Waals surface area contributed by atoms with Crippen LogP contribution in [0.3, 0.4) is 0 Å². The highest BCUT2D eigenvalue weighted by atomic mass is 35.5. The Morgan fingerprint density at radius 3 is 2.59 bits per heavy atom. The van der Waals surface area contributed by atoms with E-state index in [9.17, 15) is 24.1 Å². The summed E-state index contributed by atoms with van der Waals surface area (Å²) in [7, 11) is -4.33. The molecule has 0 spiro atoms. The van der Waals surface area contributed by atoms with E-state index in [1.807, 2.05) is 0 Å². The van der Waals surface area contributed by atoms with Gasteiger partial charge in [0.15, 0.2) is 11.3 Å². The van der Waals surface area contributed by atoms with Crippen molar-refractivity contribution in [1.29, 1.82) is 0 Å². The second-order valence-corrected chi connectivity index (χ2v) is 13.5. The van der Waals surface area contributed by atoms with Gasteiger partial charge in [0.05, 0.1) is 19.3 Å². The summed E-state index contributed by atoms with van der Waals surface area (Å²) in [5.41, 5.74) is 3.87. The number of rotatable bonds is 12. The topological polar surface area (TPSA) is 181 Å². The third-order valence-corrected chi connectivity index (χ3v) is 8.51. The van der Waals surface area contributed by atoms with E-state index < -0.39 is 67.1 Å². The Labute approximate surface area is 234 Å². The van der Waals surface area contributed by atoms with Gasteiger partial charge in [-0.15, -0.1) is 0 Å². The van der Waals surface area contributed by atoms with Crippen LogP contribution in [0, 0.1) is 5.41 Å². The molecule has 1 aromatic heterocycles. The van der Waals surface area contributed by atoms with Gasteiger partial charge in [0.2, 0.25) is 0 Å². The van der Waals surface area contributed by atoms with Crippen LogP contribution in [0.15, 0.2) is 17.1 Å². The molecule has 0 amide bonds. The van der Waals surface area contributed by atoms with Crippen LogP contribution in [0.25, 0.3) is 0 Å². The molecule has 39 heavy (non-hydrogen) atoms. The molecule has 222 valence electrons. The Hall–Kier alpha value is -1.58. The summed E-state index contributed by atoms with van der Waals surface area (Å²) in [4.78, 5) is 40.1. The zero-order valence-corrected chi connectivity index (χ0v) is 24.9. The number of anilines is 1. The zero-order chi connectivity index (χ0) is 29.8. The van der Waals surface area contributed by atoms with E-state index in [0.717, 1.165) is 18.0 Å². The molecule has 0 saturated carbocycles. The van der Waals surface area contributed by atoms with Gasteiger partial charge in [0.1, 0.15) is 24.1 Å². The molecule has 17 heteroatoms. The molecule has 2 rings (SSSR count). The Kier molecular flexibility index (Phi) is 11.5. The van der Waals surface area contributed by atoms with Gasteiger partial charge in [-0.25, -0.2) is 18.8 Å². The predicted molar refractivity (Wildman–Crippen MR) is 143 cm³/mol. The maximum atomic E-state index is 15.3. The number of halogens is 2. The lowest BCUT2D eigenvalue weighted by molar-refractivity contribution is -0.149. The molecule has 1 aromatic rings. The number of alkyl halides is 2. The lowest BCUT2D eigenvalue weighted by atomic mass is 10.00. The summed E-state index contributed by atoms with van der Waals surface area (Å²) in [5.74, 6) is -0.751. The summed E-state index contributed by atoms with van der Waals surface area (Å²) in [6, 6.07) is 0.0527. The first-order chi connectivity index (χ1) is 17.9. The van der Waals surface area contributed by atoms with E-state index >= 15 is 4.39 Å². The molecule has 0 aliphatic carbocycles. The minimum Gasteiger partial charge on any atom is -0.462 e. The number of hydrogen-bond donors (Lipinski definition) is 3. The molecule has 4 N–H and O–H groups in total. The molecule has 6 atom stereocenters. The molecule has 1 saturated heterocycles. The van der Waals surface area contributed by atoms with Crippen LogP contribution in [0.5, 0.6) is 0 Å². The van der Waals surface area contributed by atoms with Crippen LogP contribution in [-0.4, -0.2) is 74.2 Å². The average molecular weight is 617 g/mol. The lowest BCUT2D eigenvalue weighted by Gasteiger charge is -2.25.